The van der Waals surface area contributed by atoms with Crippen LogP contribution in [0.2, 0.25) is 0 Å². The molecule has 1 fully saturated rings. The van der Waals surface area contributed by atoms with Crippen LogP contribution in [0.3, 0.4) is 0 Å². The first-order chi connectivity index (χ1) is 8.90. The molecule has 1 aromatic carbocycles. The van der Waals surface area contributed by atoms with Crippen molar-refractivity contribution in [1.29, 1.82) is 0 Å². The van der Waals surface area contributed by atoms with E-state index >= 15 is 0 Å². The summed E-state index contributed by atoms with van der Waals surface area (Å²) in [7, 11) is 0. The van der Waals surface area contributed by atoms with Crippen LogP contribution in [0, 0.1) is 23.5 Å². The van der Waals surface area contributed by atoms with Gasteiger partial charge in [0.25, 0.3) is 0 Å². The van der Waals surface area contributed by atoms with Gasteiger partial charge in [-0.15, -0.1) is 0 Å². The third-order valence-corrected chi connectivity index (χ3v) is 4.28. The molecule has 2 nitrogen and oxygen atoms in total. The number of rotatable bonds is 3. The number of hydrogen-bond donors (Lipinski definition) is 1. The van der Waals surface area contributed by atoms with Crippen LogP contribution in [0.5, 0.6) is 0 Å². The largest absolute Gasteiger partial charge is 0.375 e. The van der Waals surface area contributed by atoms with E-state index in [1.807, 2.05) is 13.8 Å². The number of hydrogen-bond acceptors (Lipinski definition) is 2. The predicted octanol–water partition coefficient (Wildman–Crippen LogP) is 2.89. The van der Waals surface area contributed by atoms with E-state index in [1.165, 1.54) is 6.07 Å². The van der Waals surface area contributed by atoms with Crippen molar-refractivity contribution >= 4 is 0 Å². The Balaban J connectivity index is 2.12. The van der Waals surface area contributed by atoms with E-state index in [2.05, 4.69) is 6.92 Å². The highest BCUT2D eigenvalue weighted by Gasteiger charge is 2.40. The molecule has 0 radical (unpaired) electrons. The van der Waals surface area contributed by atoms with Gasteiger partial charge in [0, 0.05) is 12.0 Å². The van der Waals surface area contributed by atoms with Gasteiger partial charge in [0.15, 0.2) is 0 Å². The third-order valence-electron chi connectivity index (χ3n) is 4.28. The lowest BCUT2D eigenvalue weighted by Gasteiger charge is -2.25. The lowest BCUT2D eigenvalue weighted by Crippen LogP contribution is -2.39. The first-order valence-corrected chi connectivity index (χ1v) is 6.75. The van der Waals surface area contributed by atoms with Crippen LogP contribution < -0.4 is 5.73 Å². The fraction of sp³-hybridized carbons (Fsp3) is 0.600. The van der Waals surface area contributed by atoms with Crippen LogP contribution in [0.1, 0.15) is 26.3 Å². The molecule has 1 heterocycles. The molecule has 0 bridgehead atoms. The number of halogens is 2. The summed E-state index contributed by atoms with van der Waals surface area (Å²) in [6, 6.07) is 3.27. The fourth-order valence-electron chi connectivity index (χ4n) is 3.12. The van der Waals surface area contributed by atoms with Gasteiger partial charge in [-0.3, -0.25) is 0 Å². The Labute approximate surface area is 112 Å². The van der Waals surface area contributed by atoms with Gasteiger partial charge in [-0.1, -0.05) is 6.92 Å². The van der Waals surface area contributed by atoms with Gasteiger partial charge >= 0.3 is 0 Å². The Bertz CT molecular complexity index is 452. The zero-order chi connectivity index (χ0) is 14.2. The molecule has 19 heavy (non-hydrogen) atoms. The summed E-state index contributed by atoms with van der Waals surface area (Å²) in [5.41, 5.74) is 6.54. The molecule has 1 saturated heterocycles. The molecule has 5 atom stereocenters. The van der Waals surface area contributed by atoms with Crippen molar-refractivity contribution in [1.82, 2.24) is 0 Å². The summed E-state index contributed by atoms with van der Waals surface area (Å²) in [5, 5.41) is 0. The number of ether oxygens (including phenoxy) is 1. The van der Waals surface area contributed by atoms with Gasteiger partial charge in [0.2, 0.25) is 0 Å². The molecule has 2 rings (SSSR count). The molecule has 106 valence electrons. The van der Waals surface area contributed by atoms with Gasteiger partial charge in [0.05, 0.1) is 12.2 Å². The van der Waals surface area contributed by atoms with E-state index < -0.39 is 11.6 Å². The van der Waals surface area contributed by atoms with Gasteiger partial charge in [-0.05, 0) is 49.9 Å². The minimum atomic E-state index is -0.430. The SMILES string of the molecule is CC1OC(C)C(C(N)Cc2cc(F)ccc2F)C1C. The molecule has 0 aliphatic carbocycles. The van der Waals surface area contributed by atoms with Gasteiger partial charge < -0.3 is 10.5 Å². The van der Waals surface area contributed by atoms with Gasteiger partial charge in [-0.2, -0.15) is 0 Å². The first-order valence-electron chi connectivity index (χ1n) is 6.75. The normalized spacial score (nSPS) is 32.5. The number of benzene rings is 1. The zero-order valence-electron chi connectivity index (χ0n) is 11.6. The summed E-state index contributed by atoms with van der Waals surface area (Å²) in [6.07, 6.45) is 0.541. The smallest absolute Gasteiger partial charge is 0.126 e. The topological polar surface area (TPSA) is 35.2 Å². The summed E-state index contributed by atoms with van der Waals surface area (Å²) < 4.78 is 32.5. The van der Waals surface area contributed by atoms with Crippen molar-refractivity contribution in [3.8, 4) is 0 Å². The molecule has 0 saturated carbocycles. The Morgan fingerprint density at radius 2 is 1.89 bits per heavy atom. The molecule has 1 aliphatic rings. The summed E-state index contributed by atoms with van der Waals surface area (Å²) in [6.45, 7) is 6.11. The highest BCUT2D eigenvalue weighted by atomic mass is 19.1. The van der Waals surface area contributed by atoms with E-state index in [-0.39, 0.29) is 24.2 Å². The molecule has 5 unspecified atom stereocenters. The van der Waals surface area contributed by atoms with Crippen LogP contribution in [0.4, 0.5) is 8.78 Å². The Morgan fingerprint density at radius 3 is 2.47 bits per heavy atom. The first kappa shape index (κ1) is 14.4. The molecular weight excluding hydrogens is 248 g/mol. The Morgan fingerprint density at radius 1 is 1.21 bits per heavy atom. The molecule has 0 amide bonds. The summed E-state index contributed by atoms with van der Waals surface area (Å²) in [5.74, 6) is -0.343. The van der Waals surface area contributed by atoms with Gasteiger partial charge in [-0.25, -0.2) is 8.78 Å². The maximum atomic E-state index is 13.6. The quantitative estimate of drug-likeness (QED) is 0.915. The third kappa shape index (κ3) is 2.95. The van der Waals surface area contributed by atoms with Crippen molar-refractivity contribution in [2.24, 2.45) is 17.6 Å². The highest BCUT2D eigenvalue weighted by Crippen LogP contribution is 2.34. The standard InChI is InChI=1S/C15H21F2NO/c1-8-9(2)19-10(3)15(8)14(18)7-11-6-12(16)4-5-13(11)17/h4-6,8-10,14-15H,7,18H2,1-3H3. The Hall–Kier alpha value is -1.00. The van der Waals surface area contributed by atoms with E-state index in [0.717, 1.165) is 12.1 Å². The minimum Gasteiger partial charge on any atom is -0.375 e. The van der Waals surface area contributed by atoms with Crippen LogP contribution in [-0.2, 0) is 11.2 Å². The maximum Gasteiger partial charge on any atom is 0.126 e. The average molecular weight is 269 g/mol. The second-order valence-corrected chi connectivity index (χ2v) is 5.59. The summed E-state index contributed by atoms with van der Waals surface area (Å²) in [4.78, 5) is 0. The lowest BCUT2D eigenvalue weighted by atomic mass is 9.81. The van der Waals surface area contributed by atoms with Crippen molar-refractivity contribution in [2.45, 2.75) is 45.4 Å². The van der Waals surface area contributed by atoms with Crippen LogP contribution in [0.25, 0.3) is 0 Å². The van der Waals surface area contributed by atoms with Gasteiger partial charge in [0.1, 0.15) is 11.6 Å². The molecule has 0 aromatic heterocycles. The molecular formula is C15H21F2NO. The van der Waals surface area contributed by atoms with Crippen LogP contribution in [-0.4, -0.2) is 18.2 Å². The van der Waals surface area contributed by atoms with E-state index in [0.29, 0.717) is 17.9 Å². The van der Waals surface area contributed by atoms with E-state index in [4.69, 9.17) is 10.5 Å². The average Bonchev–Trinajstić information content (AvgIpc) is 2.58. The van der Waals surface area contributed by atoms with E-state index in [9.17, 15) is 8.78 Å². The lowest BCUT2D eigenvalue weighted by molar-refractivity contribution is 0.0490. The second kappa shape index (κ2) is 5.55. The predicted molar refractivity (Wildman–Crippen MR) is 70.7 cm³/mol. The van der Waals surface area contributed by atoms with Crippen molar-refractivity contribution in [3.05, 3.63) is 35.4 Å². The van der Waals surface area contributed by atoms with E-state index in [1.54, 1.807) is 0 Å². The monoisotopic (exact) mass is 269 g/mol. The molecule has 2 N–H and O–H groups in total. The van der Waals surface area contributed by atoms with Crippen molar-refractivity contribution < 1.29 is 13.5 Å². The fourth-order valence-corrected chi connectivity index (χ4v) is 3.12. The van der Waals surface area contributed by atoms with Crippen LogP contribution >= 0.6 is 0 Å². The molecule has 4 heteroatoms. The second-order valence-electron chi connectivity index (χ2n) is 5.59. The van der Waals surface area contributed by atoms with Crippen molar-refractivity contribution in [3.63, 3.8) is 0 Å². The molecule has 1 aromatic rings. The number of nitrogens with two attached hydrogens (primary N) is 1. The minimum absolute atomic E-state index is 0.0524. The van der Waals surface area contributed by atoms with Crippen LogP contribution in [0.15, 0.2) is 18.2 Å². The van der Waals surface area contributed by atoms with Crippen molar-refractivity contribution in [2.75, 3.05) is 0 Å². The molecule has 1 aliphatic heterocycles. The zero-order valence-corrected chi connectivity index (χ0v) is 11.6. The Kier molecular flexibility index (Phi) is 4.21. The maximum absolute atomic E-state index is 13.6. The molecule has 0 spiro atoms. The highest BCUT2D eigenvalue weighted by molar-refractivity contribution is 5.20. The summed E-state index contributed by atoms with van der Waals surface area (Å²) >= 11 is 0.